The number of ether oxygens (including phenoxy) is 4. The van der Waals surface area contributed by atoms with Gasteiger partial charge in [-0.25, -0.2) is 0 Å². The molecule has 26 heavy (non-hydrogen) atoms. The normalized spacial score (nSPS) is 47.8. The van der Waals surface area contributed by atoms with Crippen molar-refractivity contribution in [3.05, 3.63) is 48.6 Å². The van der Waals surface area contributed by atoms with Gasteiger partial charge in [-0.1, -0.05) is 36.4 Å². The number of aliphatic hydroxyl groups excluding tert-OH is 1. The Morgan fingerprint density at radius 1 is 1.23 bits per heavy atom. The van der Waals surface area contributed by atoms with E-state index in [1.807, 2.05) is 57.2 Å². The predicted molar refractivity (Wildman–Crippen MR) is 96.6 cm³/mol. The Hall–Kier alpha value is -1.24. The molecule has 1 N–H and O–H groups in total. The molecule has 0 spiro atoms. The van der Waals surface area contributed by atoms with E-state index in [-0.39, 0.29) is 17.8 Å². The van der Waals surface area contributed by atoms with Crippen LogP contribution in [-0.4, -0.2) is 46.8 Å². The molecular weight excluding hydrogens is 332 g/mol. The van der Waals surface area contributed by atoms with Gasteiger partial charge in [0.05, 0.1) is 30.5 Å². The SMILES string of the molecule is C=C[C@@]1(C)O[C@@H]1C[C@]1(C)O[C@]2(C)CO[C@@H](c3ccccc3)O[C@H]2C[C@H]1O. The molecule has 3 aliphatic heterocycles. The first kappa shape index (κ1) is 18.1. The topological polar surface area (TPSA) is 60.5 Å². The van der Waals surface area contributed by atoms with Gasteiger partial charge in [0, 0.05) is 18.4 Å². The van der Waals surface area contributed by atoms with E-state index < -0.39 is 23.6 Å². The second-order valence-electron chi connectivity index (χ2n) is 8.36. The third kappa shape index (κ3) is 3.02. The lowest BCUT2D eigenvalue weighted by molar-refractivity contribution is -0.357. The van der Waals surface area contributed by atoms with Crippen LogP contribution in [0, 0.1) is 0 Å². The van der Waals surface area contributed by atoms with Crippen LogP contribution in [0.25, 0.3) is 0 Å². The molecule has 5 nitrogen and oxygen atoms in total. The van der Waals surface area contributed by atoms with Crippen molar-refractivity contribution < 1.29 is 24.1 Å². The minimum Gasteiger partial charge on any atom is -0.390 e. The van der Waals surface area contributed by atoms with Gasteiger partial charge in [-0.15, -0.1) is 6.58 Å². The fraction of sp³-hybridized carbons (Fsp3) is 0.619. The van der Waals surface area contributed by atoms with Gasteiger partial charge in [0.1, 0.15) is 11.2 Å². The summed E-state index contributed by atoms with van der Waals surface area (Å²) < 4.78 is 24.3. The van der Waals surface area contributed by atoms with Crippen LogP contribution in [-0.2, 0) is 18.9 Å². The van der Waals surface area contributed by atoms with Crippen molar-refractivity contribution in [2.45, 2.75) is 75.0 Å². The Balaban J connectivity index is 1.48. The summed E-state index contributed by atoms with van der Waals surface area (Å²) in [6, 6.07) is 9.86. The third-order valence-electron chi connectivity index (χ3n) is 6.14. The van der Waals surface area contributed by atoms with Crippen LogP contribution in [0.2, 0.25) is 0 Å². The molecule has 0 unspecified atom stereocenters. The third-order valence-corrected chi connectivity index (χ3v) is 6.14. The maximum atomic E-state index is 10.8. The molecule has 142 valence electrons. The molecule has 0 saturated carbocycles. The Labute approximate surface area is 154 Å². The van der Waals surface area contributed by atoms with Crippen molar-refractivity contribution >= 4 is 0 Å². The monoisotopic (exact) mass is 360 g/mol. The van der Waals surface area contributed by atoms with Crippen LogP contribution < -0.4 is 0 Å². The number of rotatable bonds is 4. The van der Waals surface area contributed by atoms with E-state index in [0.29, 0.717) is 19.4 Å². The van der Waals surface area contributed by atoms with Gasteiger partial charge in [-0.05, 0) is 20.8 Å². The highest BCUT2D eigenvalue weighted by atomic mass is 16.7. The van der Waals surface area contributed by atoms with Gasteiger partial charge in [0.15, 0.2) is 6.29 Å². The Morgan fingerprint density at radius 2 is 1.96 bits per heavy atom. The molecule has 1 aromatic rings. The number of hydrogen-bond acceptors (Lipinski definition) is 5. The smallest absolute Gasteiger partial charge is 0.184 e. The van der Waals surface area contributed by atoms with Crippen LogP contribution in [0.15, 0.2) is 43.0 Å². The van der Waals surface area contributed by atoms with E-state index in [1.54, 1.807) is 0 Å². The largest absolute Gasteiger partial charge is 0.390 e. The molecule has 3 heterocycles. The summed E-state index contributed by atoms with van der Waals surface area (Å²) in [7, 11) is 0. The lowest BCUT2D eigenvalue weighted by atomic mass is 9.79. The Morgan fingerprint density at radius 3 is 2.62 bits per heavy atom. The summed E-state index contributed by atoms with van der Waals surface area (Å²) in [6.07, 6.45) is 1.67. The zero-order valence-electron chi connectivity index (χ0n) is 15.7. The van der Waals surface area contributed by atoms with Crippen LogP contribution in [0.4, 0.5) is 0 Å². The lowest BCUT2D eigenvalue weighted by Gasteiger charge is -2.54. The molecule has 0 radical (unpaired) electrons. The first-order valence-electron chi connectivity index (χ1n) is 9.30. The molecule has 3 aliphatic rings. The summed E-state index contributed by atoms with van der Waals surface area (Å²) in [6.45, 7) is 10.2. The maximum absolute atomic E-state index is 10.8. The average Bonchev–Trinajstić information content (AvgIpc) is 3.26. The Bertz CT molecular complexity index is 678. The summed E-state index contributed by atoms with van der Waals surface area (Å²) in [5.74, 6) is 0. The van der Waals surface area contributed by atoms with E-state index in [2.05, 4.69) is 6.58 Å². The van der Waals surface area contributed by atoms with Gasteiger partial charge in [0.2, 0.25) is 0 Å². The highest BCUT2D eigenvalue weighted by molar-refractivity contribution is 5.18. The second kappa shape index (κ2) is 6.14. The number of fused-ring (bicyclic) bond motifs is 1. The van der Waals surface area contributed by atoms with Crippen molar-refractivity contribution in [3.63, 3.8) is 0 Å². The van der Waals surface area contributed by atoms with Gasteiger partial charge in [0.25, 0.3) is 0 Å². The molecule has 1 aromatic carbocycles. The summed E-state index contributed by atoms with van der Waals surface area (Å²) in [5.41, 5.74) is -0.644. The molecule has 0 amide bonds. The van der Waals surface area contributed by atoms with Crippen LogP contribution in [0.5, 0.6) is 0 Å². The zero-order valence-corrected chi connectivity index (χ0v) is 15.7. The molecule has 7 atom stereocenters. The van der Waals surface area contributed by atoms with Gasteiger partial charge < -0.3 is 24.1 Å². The fourth-order valence-corrected chi connectivity index (χ4v) is 4.15. The molecule has 0 bridgehead atoms. The molecular formula is C21H28O5. The zero-order chi connectivity index (χ0) is 18.6. The quantitative estimate of drug-likeness (QED) is 0.660. The molecule has 3 fully saturated rings. The first-order chi connectivity index (χ1) is 12.3. The summed E-state index contributed by atoms with van der Waals surface area (Å²) in [4.78, 5) is 0. The maximum Gasteiger partial charge on any atom is 0.184 e. The predicted octanol–water partition coefficient (Wildman–Crippen LogP) is 3.13. The van der Waals surface area contributed by atoms with E-state index in [1.165, 1.54) is 0 Å². The van der Waals surface area contributed by atoms with E-state index in [4.69, 9.17) is 18.9 Å². The van der Waals surface area contributed by atoms with Gasteiger partial charge in [-0.3, -0.25) is 0 Å². The molecule has 0 aliphatic carbocycles. The molecule has 3 saturated heterocycles. The standard InChI is InChI=1S/C21H28O5/c1-5-19(2)17(25-19)12-20(3)15(22)11-16-21(4,26-20)13-23-18(24-16)14-9-7-6-8-10-14/h5-10,15-18,22H,1,11-13H2,2-4H3/t15-,16+,17-,18-,19-,20+,21-/m1/s1. The molecule has 5 heteroatoms. The average molecular weight is 360 g/mol. The van der Waals surface area contributed by atoms with Crippen LogP contribution in [0.1, 0.15) is 45.5 Å². The van der Waals surface area contributed by atoms with Crippen molar-refractivity contribution in [2.75, 3.05) is 6.61 Å². The first-order valence-corrected chi connectivity index (χ1v) is 9.30. The number of benzene rings is 1. The Kier molecular flexibility index (Phi) is 4.29. The van der Waals surface area contributed by atoms with Gasteiger partial charge >= 0.3 is 0 Å². The minimum absolute atomic E-state index is 0.0160. The minimum atomic E-state index is -0.705. The van der Waals surface area contributed by atoms with Crippen molar-refractivity contribution in [1.29, 1.82) is 0 Å². The van der Waals surface area contributed by atoms with E-state index in [9.17, 15) is 5.11 Å². The van der Waals surface area contributed by atoms with E-state index in [0.717, 1.165) is 5.56 Å². The summed E-state index contributed by atoms with van der Waals surface area (Å²) in [5, 5.41) is 10.8. The van der Waals surface area contributed by atoms with Crippen molar-refractivity contribution in [2.24, 2.45) is 0 Å². The molecule has 4 rings (SSSR count). The second-order valence-corrected chi connectivity index (χ2v) is 8.36. The van der Waals surface area contributed by atoms with Crippen molar-refractivity contribution in [3.8, 4) is 0 Å². The van der Waals surface area contributed by atoms with E-state index >= 15 is 0 Å². The van der Waals surface area contributed by atoms with Crippen molar-refractivity contribution in [1.82, 2.24) is 0 Å². The number of aliphatic hydroxyl groups is 1. The fourth-order valence-electron chi connectivity index (χ4n) is 4.15. The highest BCUT2D eigenvalue weighted by Crippen LogP contribution is 2.49. The lowest BCUT2D eigenvalue weighted by Crippen LogP contribution is -2.65. The number of epoxide rings is 1. The van der Waals surface area contributed by atoms with Crippen LogP contribution >= 0.6 is 0 Å². The summed E-state index contributed by atoms with van der Waals surface area (Å²) >= 11 is 0. The van der Waals surface area contributed by atoms with Crippen LogP contribution in [0.3, 0.4) is 0 Å². The molecule has 0 aromatic heterocycles. The van der Waals surface area contributed by atoms with Gasteiger partial charge in [-0.2, -0.15) is 0 Å². The number of hydrogen-bond donors (Lipinski definition) is 1. The highest BCUT2D eigenvalue weighted by Gasteiger charge is 2.60.